The second-order valence-corrected chi connectivity index (χ2v) is 4.54. The molecule has 2 heteroatoms. The van der Waals surface area contributed by atoms with Crippen molar-refractivity contribution in [3.05, 3.63) is 34.9 Å². The van der Waals surface area contributed by atoms with Gasteiger partial charge in [-0.05, 0) is 52.0 Å². The lowest BCUT2D eigenvalue weighted by atomic mass is 10.1. The van der Waals surface area contributed by atoms with E-state index in [9.17, 15) is 4.39 Å². The largest absolute Gasteiger partial charge is 0.392 e. The summed E-state index contributed by atoms with van der Waals surface area (Å²) in [6, 6.07) is 0. The summed E-state index contributed by atoms with van der Waals surface area (Å²) >= 11 is 0. The molecule has 0 heterocycles. The van der Waals surface area contributed by atoms with Crippen molar-refractivity contribution in [1.82, 2.24) is 0 Å². The van der Waals surface area contributed by atoms with E-state index in [1.54, 1.807) is 0 Å². The first-order chi connectivity index (χ1) is 8.10. The molecule has 0 aromatic heterocycles. The molecular formula is C15H25FO. The Balaban J connectivity index is 3.83. The third-order valence-corrected chi connectivity index (χ3v) is 2.71. The predicted octanol–water partition coefficient (Wildman–Crippen LogP) is 4.35. The number of aliphatic hydroxyl groups is 1. The van der Waals surface area contributed by atoms with Gasteiger partial charge in [-0.2, -0.15) is 0 Å². The van der Waals surface area contributed by atoms with Gasteiger partial charge in [0, 0.05) is 0 Å². The van der Waals surface area contributed by atoms with Crippen molar-refractivity contribution in [3.63, 3.8) is 0 Å². The summed E-state index contributed by atoms with van der Waals surface area (Å²) in [5.74, 6) is 0. The molecule has 0 saturated carbocycles. The Labute approximate surface area is 105 Å². The third kappa shape index (κ3) is 10.0. The van der Waals surface area contributed by atoms with Crippen LogP contribution in [0, 0.1) is 0 Å². The molecule has 0 rings (SSSR count). The molecule has 0 aliphatic heterocycles. The Hall–Kier alpha value is -0.890. The van der Waals surface area contributed by atoms with Crippen LogP contribution in [0.2, 0.25) is 0 Å². The van der Waals surface area contributed by atoms with Gasteiger partial charge in [-0.3, -0.25) is 0 Å². The van der Waals surface area contributed by atoms with Gasteiger partial charge in [-0.25, -0.2) is 4.39 Å². The van der Waals surface area contributed by atoms with Crippen molar-refractivity contribution in [2.45, 2.75) is 46.5 Å². The highest BCUT2D eigenvalue weighted by molar-refractivity contribution is 5.06. The van der Waals surface area contributed by atoms with Crippen molar-refractivity contribution < 1.29 is 9.50 Å². The third-order valence-electron chi connectivity index (χ3n) is 2.71. The SMILES string of the molecule is CC(=CCCC(C)=CCCC(C)=CCO)CF. The van der Waals surface area contributed by atoms with Crippen LogP contribution in [0.3, 0.4) is 0 Å². The zero-order valence-corrected chi connectivity index (χ0v) is 11.3. The number of alkyl halides is 1. The Kier molecular flexibility index (Phi) is 9.74. The maximum atomic E-state index is 12.2. The van der Waals surface area contributed by atoms with Gasteiger partial charge in [0.25, 0.3) is 0 Å². The molecule has 0 radical (unpaired) electrons. The summed E-state index contributed by atoms with van der Waals surface area (Å²) < 4.78 is 12.2. The predicted molar refractivity (Wildman–Crippen MR) is 72.8 cm³/mol. The Morgan fingerprint density at radius 2 is 1.35 bits per heavy atom. The van der Waals surface area contributed by atoms with Crippen LogP contribution >= 0.6 is 0 Å². The van der Waals surface area contributed by atoms with Crippen molar-refractivity contribution in [3.8, 4) is 0 Å². The molecule has 1 nitrogen and oxygen atoms in total. The van der Waals surface area contributed by atoms with Crippen LogP contribution in [-0.2, 0) is 0 Å². The van der Waals surface area contributed by atoms with Gasteiger partial charge in [0.2, 0.25) is 0 Å². The first kappa shape index (κ1) is 16.1. The fourth-order valence-corrected chi connectivity index (χ4v) is 1.51. The highest BCUT2D eigenvalue weighted by Gasteiger charge is 1.92. The minimum absolute atomic E-state index is 0.127. The van der Waals surface area contributed by atoms with Crippen molar-refractivity contribution >= 4 is 0 Å². The van der Waals surface area contributed by atoms with E-state index in [4.69, 9.17) is 5.11 Å². The highest BCUT2D eigenvalue weighted by Crippen LogP contribution is 2.11. The fraction of sp³-hybridized carbons (Fsp3) is 0.600. The van der Waals surface area contributed by atoms with Crippen molar-refractivity contribution in [2.24, 2.45) is 0 Å². The molecule has 0 aliphatic rings. The van der Waals surface area contributed by atoms with E-state index in [1.165, 1.54) is 11.1 Å². The number of hydrogen-bond donors (Lipinski definition) is 1. The lowest BCUT2D eigenvalue weighted by molar-refractivity contribution is 0.341. The summed E-state index contributed by atoms with van der Waals surface area (Å²) in [5, 5.41) is 8.71. The Bertz CT molecular complexity index is 287. The summed E-state index contributed by atoms with van der Waals surface area (Å²) in [6.07, 6.45) is 9.97. The number of rotatable bonds is 8. The van der Waals surface area contributed by atoms with E-state index in [1.807, 2.05) is 26.0 Å². The first-order valence-corrected chi connectivity index (χ1v) is 6.23. The van der Waals surface area contributed by atoms with Gasteiger partial charge in [0.1, 0.15) is 6.67 Å². The lowest BCUT2D eigenvalue weighted by Crippen LogP contribution is -1.83. The second kappa shape index (κ2) is 10.3. The molecule has 0 atom stereocenters. The molecule has 0 aliphatic carbocycles. The van der Waals surface area contributed by atoms with Crippen LogP contribution in [0.5, 0.6) is 0 Å². The van der Waals surface area contributed by atoms with E-state index in [0.29, 0.717) is 0 Å². The van der Waals surface area contributed by atoms with E-state index in [2.05, 4.69) is 13.0 Å². The summed E-state index contributed by atoms with van der Waals surface area (Å²) in [4.78, 5) is 0. The molecule has 0 saturated heterocycles. The quantitative estimate of drug-likeness (QED) is 0.625. The number of hydrogen-bond acceptors (Lipinski definition) is 1. The molecule has 0 spiro atoms. The molecule has 0 unspecified atom stereocenters. The van der Waals surface area contributed by atoms with Crippen molar-refractivity contribution in [1.29, 1.82) is 0 Å². The first-order valence-electron chi connectivity index (χ1n) is 6.23. The van der Waals surface area contributed by atoms with E-state index in [-0.39, 0.29) is 13.3 Å². The van der Waals surface area contributed by atoms with Gasteiger partial charge in [0.15, 0.2) is 0 Å². The number of halogens is 1. The van der Waals surface area contributed by atoms with Gasteiger partial charge in [-0.15, -0.1) is 0 Å². The topological polar surface area (TPSA) is 20.2 Å². The van der Waals surface area contributed by atoms with E-state index < -0.39 is 0 Å². The van der Waals surface area contributed by atoms with E-state index in [0.717, 1.165) is 31.3 Å². The maximum Gasteiger partial charge on any atom is 0.110 e. The molecule has 0 fully saturated rings. The smallest absolute Gasteiger partial charge is 0.110 e. The minimum Gasteiger partial charge on any atom is -0.392 e. The van der Waals surface area contributed by atoms with Crippen LogP contribution in [0.4, 0.5) is 4.39 Å². The molecular weight excluding hydrogens is 215 g/mol. The molecule has 0 amide bonds. The van der Waals surface area contributed by atoms with Gasteiger partial charge in [0.05, 0.1) is 6.61 Å². The van der Waals surface area contributed by atoms with Gasteiger partial charge < -0.3 is 5.11 Å². The van der Waals surface area contributed by atoms with Gasteiger partial charge >= 0.3 is 0 Å². The van der Waals surface area contributed by atoms with Crippen LogP contribution in [0.25, 0.3) is 0 Å². The average molecular weight is 240 g/mol. The van der Waals surface area contributed by atoms with Crippen LogP contribution in [-0.4, -0.2) is 18.4 Å². The van der Waals surface area contributed by atoms with E-state index >= 15 is 0 Å². The number of aliphatic hydroxyl groups excluding tert-OH is 1. The summed E-state index contributed by atoms with van der Waals surface area (Å²) in [5.41, 5.74) is 3.40. The standard InChI is InChI=1S/C15H25FO/c1-13(7-5-9-15(3)12-16)6-4-8-14(2)10-11-17/h6,9-10,17H,4-5,7-8,11-12H2,1-3H3. The fourth-order valence-electron chi connectivity index (χ4n) is 1.51. The molecule has 0 aromatic carbocycles. The Morgan fingerprint density at radius 1 is 0.882 bits per heavy atom. The van der Waals surface area contributed by atoms with Gasteiger partial charge in [-0.1, -0.05) is 29.4 Å². The molecule has 17 heavy (non-hydrogen) atoms. The van der Waals surface area contributed by atoms with Crippen LogP contribution in [0.1, 0.15) is 46.5 Å². The normalized spacial score (nSPS) is 14.3. The number of allylic oxidation sites excluding steroid dienone is 5. The lowest BCUT2D eigenvalue weighted by Gasteiger charge is -2.01. The maximum absolute atomic E-state index is 12.2. The molecule has 0 bridgehead atoms. The molecule has 98 valence electrons. The summed E-state index contributed by atoms with van der Waals surface area (Å²) in [6.45, 7) is 5.76. The molecule has 1 N–H and O–H groups in total. The second-order valence-electron chi connectivity index (χ2n) is 4.54. The highest BCUT2D eigenvalue weighted by atomic mass is 19.1. The zero-order chi connectivity index (χ0) is 13.1. The monoisotopic (exact) mass is 240 g/mol. The minimum atomic E-state index is -0.339. The average Bonchev–Trinajstić information content (AvgIpc) is 2.29. The van der Waals surface area contributed by atoms with Crippen LogP contribution < -0.4 is 0 Å². The summed E-state index contributed by atoms with van der Waals surface area (Å²) in [7, 11) is 0. The van der Waals surface area contributed by atoms with Crippen molar-refractivity contribution in [2.75, 3.05) is 13.3 Å². The zero-order valence-electron chi connectivity index (χ0n) is 11.3. The van der Waals surface area contributed by atoms with Crippen LogP contribution in [0.15, 0.2) is 34.9 Å². The molecule has 0 aromatic rings. The Morgan fingerprint density at radius 3 is 1.82 bits per heavy atom.